The summed E-state index contributed by atoms with van der Waals surface area (Å²) in [5.74, 6) is -0.349. The fraction of sp³-hybridized carbons (Fsp3) is 0.667. The van der Waals surface area contributed by atoms with Crippen LogP contribution in [-0.4, -0.2) is 38.4 Å². The summed E-state index contributed by atoms with van der Waals surface area (Å²) >= 11 is 0. The predicted octanol–water partition coefficient (Wildman–Crippen LogP) is 4.29. The van der Waals surface area contributed by atoms with Crippen LogP contribution in [0.5, 0.6) is 0 Å². The number of rotatable bonds is 6. The number of halogens is 3. The number of allylic oxidation sites excluding steroid dienone is 3. The van der Waals surface area contributed by atoms with E-state index >= 15 is 0 Å². The van der Waals surface area contributed by atoms with Gasteiger partial charge < -0.3 is 9.64 Å². The summed E-state index contributed by atoms with van der Waals surface area (Å²) in [7, 11) is 5.40. The van der Waals surface area contributed by atoms with Crippen molar-refractivity contribution in [3.63, 3.8) is 0 Å². The van der Waals surface area contributed by atoms with Gasteiger partial charge >= 0.3 is 6.36 Å². The van der Waals surface area contributed by atoms with Crippen LogP contribution in [0.3, 0.4) is 0 Å². The molecule has 2 atom stereocenters. The standard InChI is InChI=1S/C15H24F3N2O/c1-7-12(9-13(8-2)21-15(16,17)18)14(10-19-4)11(3)20(5)6/h7,9,11,14H,8H2,1-6H3/q+1/b12-7+,13-9+. The quantitative estimate of drug-likeness (QED) is 0.538. The molecular weight excluding hydrogens is 281 g/mol. The molecule has 0 aliphatic carbocycles. The zero-order valence-corrected chi connectivity index (χ0v) is 13.5. The van der Waals surface area contributed by atoms with Crippen molar-refractivity contribution in [2.75, 3.05) is 21.1 Å². The zero-order valence-electron chi connectivity index (χ0n) is 13.5. The molecule has 0 aromatic rings. The van der Waals surface area contributed by atoms with E-state index in [1.165, 1.54) is 6.08 Å². The average molecular weight is 305 g/mol. The molecule has 6 heteroatoms. The van der Waals surface area contributed by atoms with Crippen LogP contribution in [0.1, 0.15) is 27.2 Å². The fourth-order valence-electron chi connectivity index (χ4n) is 1.79. The summed E-state index contributed by atoms with van der Waals surface area (Å²) in [5.41, 5.74) is 0.697. The van der Waals surface area contributed by atoms with E-state index < -0.39 is 6.36 Å². The molecule has 21 heavy (non-hydrogen) atoms. The maximum atomic E-state index is 12.4. The zero-order chi connectivity index (χ0) is 16.6. The van der Waals surface area contributed by atoms with Gasteiger partial charge in [0.1, 0.15) is 11.7 Å². The normalized spacial score (nSPS) is 16.3. The van der Waals surface area contributed by atoms with E-state index in [0.717, 1.165) is 0 Å². The van der Waals surface area contributed by atoms with Crippen molar-refractivity contribution in [1.29, 1.82) is 0 Å². The summed E-state index contributed by atoms with van der Waals surface area (Å²) < 4.78 is 41.1. The minimum absolute atomic E-state index is 0.0418. The molecule has 0 aliphatic rings. The van der Waals surface area contributed by atoms with Gasteiger partial charge in [0.2, 0.25) is 0 Å². The molecule has 0 radical (unpaired) electrons. The Morgan fingerprint density at radius 3 is 2.29 bits per heavy atom. The monoisotopic (exact) mass is 305 g/mol. The molecule has 3 nitrogen and oxygen atoms in total. The summed E-state index contributed by atoms with van der Waals surface area (Å²) in [6.45, 7) is 5.36. The third kappa shape index (κ3) is 7.19. The Morgan fingerprint density at radius 1 is 1.38 bits per heavy atom. The maximum Gasteiger partial charge on any atom is 0.572 e. The predicted molar refractivity (Wildman–Crippen MR) is 79.1 cm³/mol. The topological polar surface area (TPSA) is 16.8 Å². The number of hydrogen-bond donors (Lipinski definition) is 0. The summed E-state index contributed by atoms with van der Waals surface area (Å²) in [6, 6.07) is 2.98. The molecule has 0 fully saturated rings. The highest BCUT2D eigenvalue weighted by molar-refractivity contribution is 5.30. The van der Waals surface area contributed by atoms with E-state index in [0.29, 0.717) is 5.57 Å². The molecule has 0 spiro atoms. The molecule has 0 amide bonds. The lowest BCUT2D eigenvalue weighted by molar-refractivity contribution is -0.306. The summed E-state index contributed by atoms with van der Waals surface area (Å²) in [6.07, 6.45) is -1.33. The lowest BCUT2D eigenvalue weighted by atomic mass is 9.92. The van der Waals surface area contributed by atoms with E-state index in [1.54, 1.807) is 27.0 Å². The molecule has 2 unspecified atom stereocenters. The molecule has 0 bridgehead atoms. The van der Waals surface area contributed by atoms with Crippen LogP contribution in [0.25, 0.3) is 4.85 Å². The highest BCUT2D eigenvalue weighted by Crippen LogP contribution is 2.26. The summed E-state index contributed by atoms with van der Waals surface area (Å²) in [4.78, 5) is 5.87. The van der Waals surface area contributed by atoms with Crippen molar-refractivity contribution in [2.24, 2.45) is 5.92 Å². The van der Waals surface area contributed by atoms with Crippen LogP contribution in [0.2, 0.25) is 0 Å². The molecule has 0 N–H and O–H groups in total. The minimum atomic E-state index is -4.67. The minimum Gasteiger partial charge on any atom is -0.410 e. The Hall–Kier alpha value is -1.48. The third-order valence-corrected chi connectivity index (χ3v) is 3.18. The molecule has 0 saturated carbocycles. The van der Waals surface area contributed by atoms with Gasteiger partial charge in [0.05, 0.1) is 0 Å². The van der Waals surface area contributed by atoms with Crippen LogP contribution >= 0.6 is 0 Å². The first-order chi connectivity index (χ1) is 9.66. The second-order valence-electron chi connectivity index (χ2n) is 4.84. The largest absolute Gasteiger partial charge is 0.572 e. The van der Waals surface area contributed by atoms with Crippen LogP contribution in [0.4, 0.5) is 13.2 Å². The van der Waals surface area contributed by atoms with Gasteiger partial charge in [-0.15, -0.1) is 13.2 Å². The van der Waals surface area contributed by atoms with Gasteiger partial charge in [0, 0.05) is 12.5 Å². The van der Waals surface area contributed by atoms with Crippen molar-refractivity contribution in [3.8, 4) is 6.07 Å². The lowest BCUT2D eigenvalue weighted by Gasteiger charge is -2.24. The molecule has 0 heterocycles. The van der Waals surface area contributed by atoms with Gasteiger partial charge in [-0.2, -0.15) is 0 Å². The molecule has 0 aromatic heterocycles. The van der Waals surface area contributed by atoms with Gasteiger partial charge in [-0.1, -0.05) is 17.8 Å². The Bertz CT molecular complexity index is 442. The molecule has 0 aromatic carbocycles. The van der Waals surface area contributed by atoms with Gasteiger partial charge in [0.25, 0.3) is 13.1 Å². The third-order valence-electron chi connectivity index (χ3n) is 3.18. The van der Waals surface area contributed by atoms with Crippen molar-refractivity contribution >= 4 is 0 Å². The van der Waals surface area contributed by atoms with Crippen LogP contribution < -0.4 is 0 Å². The first-order valence-corrected chi connectivity index (χ1v) is 6.79. The smallest absolute Gasteiger partial charge is 0.410 e. The SMILES string of the molecule is C/C=C(\C=C(/CC)OC(F)(F)F)C(C#[N+]C)C(C)N(C)C. The van der Waals surface area contributed by atoms with Gasteiger partial charge in [0.15, 0.2) is 0 Å². The Balaban J connectivity index is 5.48. The fourth-order valence-corrected chi connectivity index (χ4v) is 1.79. The molecule has 120 valence electrons. The van der Waals surface area contributed by atoms with Crippen LogP contribution in [-0.2, 0) is 4.74 Å². The maximum absolute atomic E-state index is 12.4. The van der Waals surface area contributed by atoms with E-state index in [9.17, 15) is 13.2 Å². The van der Waals surface area contributed by atoms with E-state index in [-0.39, 0.29) is 24.1 Å². The Kier molecular flexibility index (Phi) is 8.11. The molecule has 0 rings (SSSR count). The van der Waals surface area contributed by atoms with Crippen molar-refractivity contribution < 1.29 is 17.9 Å². The second kappa shape index (κ2) is 8.73. The first kappa shape index (κ1) is 19.5. The Labute approximate surface area is 124 Å². The van der Waals surface area contributed by atoms with Crippen LogP contribution in [0, 0.1) is 12.0 Å². The van der Waals surface area contributed by atoms with E-state index in [1.807, 2.05) is 25.9 Å². The number of ether oxygens (including phenoxy) is 1. The number of alkyl halides is 3. The lowest BCUT2D eigenvalue weighted by Crippen LogP contribution is -2.32. The number of hydrogen-bond acceptors (Lipinski definition) is 2. The van der Waals surface area contributed by atoms with Crippen LogP contribution in [0.15, 0.2) is 23.5 Å². The summed E-state index contributed by atoms with van der Waals surface area (Å²) in [5, 5.41) is 0. The average Bonchev–Trinajstić information content (AvgIpc) is 2.38. The van der Waals surface area contributed by atoms with Crippen molar-refractivity contribution in [2.45, 2.75) is 39.6 Å². The molecule has 0 aliphatic heterocycles. The van der Waals surface area contributed by atoms with E-state index in [2.05, 4.69) is 15.7 Å². The second-order valence-corrected chi connectivity index (χ2v) is 4.84. The first-order valence-electron chi connectivity index (χ1n) is 6.79. The van der Waals surface area contributed by atoms with Gasteiger partial charge in [-0.25, -0.2) is 0 Å². The molecular formula is C15H24F3N2O+. The van der Waals surface area contributed by atoms with Gasteiger partial charge in [-0.05, 0) is 39.6 Å². The molecule has 0 saturated heterocycles. The Morgan fingerprint density at radius 2 is 1.95 bits per heavy atom. The van der Waals surface area contributed by atoms with Crippen molar-refractivity contribution in [3.05, 3.63) is 28.3 Å². The van der Waals surface area contributed by atoms with Gasteiger partial charge in [-0.3, -0.25) is 0 Å². The van der Waals surface area contributed by atoms with Crippen molar-refractivity contribution in [1.82, 2.24) is 4.90 Å². The number of nitrogens with zero attached hydrogens (tertiary/aromatic N) is 2. The highest BCUT2D eigenvalue weighted by Gasteiger charge is 2.32. The van der Waals surface area contributed by atoms with E-state index in [4.69, 9.17) is 0 Å². The highest BCUT2D eigenvalue weighted by atomic mass is 19.4.